The molecule has 0 unspecified atom stereocenters. The summed E-state index contributed by atoms with van der Waals surface area (Å²) in [5, 5.41) is 20.5. The lowest BCUT2D eigenvalue weighted by molar-refractivity contribution is 0.0947. The van der Waals surface area contributed by atoms with Crippen LogP contribution in [0.4, 0.5) is 5.82 Å². The average Bonchev–Trinajstić information content (AvgIpc) is 3.58. The average molecular weight is 529 g/mol. The van der Waals surface area contributed by atoms with E-state index >= 15 is 0 Å². The van der Waals surface area contributed by atoms with Crippen molar-refractivity contribution in [3.8, 4) is 22.8 Å². The summed E-state index contributed by atoms with van der Waals surface area (Å²) in [6.45, 7) is 2.19. The first-order valence-electron chi connectivity index (χ1n) is 11.4. The smallest absolute Gasteiger partial charge is 0.292 e. The molecular formula is C26H21ClN8O3. The van der Waals surface area contributed by atoms with Crippen molar-refractivity contribution >= 4 is 29.0 Å². The summed E-state index contributed by atoms with van der Waals surface area (Å²) in [6.07, 6.45) is 0. The Balaban J connectivity index is 1.33. The van der Waals surface area contributed by atoms with Gasteiger partial charge in [0, 0.05) is 10.6 Å². The van der Waals surface area contributed by atoms with Gasteiger partial charge in [-0.3, -0.25) is 4.79 Å². The summed E-state index contributed by atoms with van der Waals surface area (Å²) in [7, 11) is 0. The highest BCUT2D eigenvalue weighted by Gasteiger charge is 2.26. The minimum Gasteiger partial charge on any atom is -0.489 e. The maximum absolute atomic E-state index is 13.3. The number of halogens is 1. The molecule has 5 aromatic rings. The van der Waals surface area contributed by atoms with Crippen LogP contribution in [-0.4, -0.2) is 36.9 Å². The van der Waals surface area contributed by atoms with Crippen molar-refractivity contribution in [3.05, 3.63) is 101 Å². The van der Waals surface area contributed by atoms with E-state index in [0.717, 1.165) is 11.1 Å². The largest absolute Gasteiger partial charge is 0.489 e. The van der Waals surface area contributed by atoms with Gasteiger partial charge in [0.05, 0.1) is 5.71 Å². The molecule has 0 aliphatic heterocycles. The number of amides is 1. The molecule has 0 aliphatic rings. The molecule has 0 radical (unpaired) electrons. The van der Waals surface area contributed by atoms with E-state index < -0.39 is 5.91 Å². The second-order valence-electron chi connectivity index (χ2n) is 8.12. The highest BCUT2D eigenvalue weighted by Crippen LogP contribution is 2.24. The molecule has 0 bridgehead atoms. The summed E-state index contributed by atoms with van der Waals surface area (Å²) in [5.41, 5.74) is 11.8. The maximum atomic E-state index is 13.3. The summed E-state index contributed by atoms with van der Waals surface area (Å²) in [5.74, 6) is 0.127. The van der Waals surface area contributed by atoms with Gasteiger partial charge in [-0.1, -0.05) is 59.3 Å². The monoisotopic (exact) mass is 528 g/mol. The van der Waals surface area contributed by atoms with Gasteiger partial charge in [0.15, 0.2) is 5.69 Å². The number of ether oxygens (including phenoxy) is 1. The van der Waals surface area contributed by atoms with Crippen molar-refractivity contribution < 1.29 is 14.2 Å². The topological polar surface area (TPSA) is 146 Å². The van der Waals surface area contributed by atoms with Crippen molar-refractivity contribution in [2.45, 2.75) is 13.5 Å². The van der Waals surface area contributed by atoms with Crippen LogP contribution in [0.25, 0.3) is 17.1 Å². The fourth-order valence-electron chi connectivity index (χ4n) is 3.55. The minimum atomic E-state index is -0.571. The van der Waals surface area contributed by atoms with E-state index in [1.165, 1.54) is 4.68 Å². The molecule has 3 aromatic carbocycles. The quantitative estimate of drug-likeness (QED) is 0.224. The molecule has 38 heavy (non-hydrogen) atoms. The Labute approximate surface area is 221 Å². The third-order valence-corrected chi connectivity index (χ3v) is 5.80. The molecule has 0 aliphatic carbocycles. The SMILES string of the molecule is C/C(=N\NC(=O)c1c(-c2ccccc2)nnn1-c1nonc1N)c1ccc(OCc2ccc(Cl)cc2)cc1. The molecule has 1 amide bonds. The number of nitrogen functional groups attached to an aromatic ring is 1. The number of hydrogen-bond acceptors (Lipinski definition) is 9. The van der Waals surface area contributed by atoms with Crippen LogP contribution >= 0.6 is 11.6 Å². The van der Waals surface area contributed by atoms with Crippen LogP contribution in [0.3, 0.4) is 0 Å². The lowest BCUT2D eigenvalue weighted by Crippen LogP contribution is -2.23. The number of hydrazone groups is 1. The highest BCUT2D eigenvalue weighted by atomic mass is 35.5. The van der Waals surface area contributed by atoms with E-state index in [1.54, 1.807) is 19.1 Å². The van der Waals surface area contributed by atoms with Crippen LogP contribution in [0.15, 0.2) is 88.6 Å². The standard InChI is InChI=1S/C26H21ClN8O3/c1-16(18-9-13-21(14-10-18)37-15-17-7-11-20(27)12-8-17)29-31-26(36)23-22(19-5-3-2-4-6-19)30-34-35(23)25-24(28)32-38-33-25/h2-14H,15H2,1H3,(H2,28,32)(H,31,36)/b29-16+. The normalized spacial score (nSPS) is 11.4. The van der Waals surface area contributed by atoms with Crippen molar-refractivity contribution in [3.63, 3.8) is 0 Å². The molecule has 12 heteroatoms. The first-order valence-corrected chi connectivity index (χ1v) is 11.8. The minimum absolute atomic E-state index is 0.0402. The number of anilines is 1. The summed E-state index contributed by atoms with van der Waals surface area (Å²) < 4.78 is 11.7. The van der Waals surface area contributed by atoms with Gasteiger partial charge in [0.25, 0.3) is 5.91 Å². The van der Waals surface area contributed by atoms with Crippen LogP contribution in [0, 0.1) is 0 Å². The first kappa shape index (κ1) is 24.7. The zero-order chi connectivity index (χ0) is 26.5. The molecule has 2 heterocycles. The molecule has 11 nitrogen and oxygen atoms in total. The van der Waals surface area contributed by atoms with Gasteiger partial charge in [-0.15, -0.1) is 5.10 Å². The van der Waals surface area contributed by atoms with Gasteiger partial charge in [0.2, 0.25) is 11.6 Å². The lowest BCUT2D eigenvalue weighted by Gasteiger charge is -2.08. The van der Waals surface area contributed by atoms with E-state index in [4.69, 9.17) is 22.1 Å². The van der Waals surface area contributed by atoms with Crippen molar-refractivity contribution in [2.75, 3.05) is 5.73 Å². The van der Waals surface area contributed by atoms with Crippen molar-refractivity contribution in [2.24, 2.45) is 5.10 Å². The number of carbonyl (C=O) groups excluding carboxylic acids is 1. The Morgan fingerprint density at radius 2 is 1.79 bits per heavy atom. The molecule has 0 atom stereocenters. The van der Waals surface area contributed by atoms with Gasteiger partial charge < -0.3 is 10.5 Å². The van der Waals surface area contributed by atoms with Crippen LogP contribution in [-0.2, 0) is 6.61 Å². The van der Waals surface area contributed by atoms with Crippen LogP contribution in [0.5, 0.6) is 5.75 Å². The number of nitrogens with zero attached hydrogens (tertiary/aromatic N) is 6. The number of nitrogens with two attached hydrogens (primary N) is 1. The molecule has 0 saturated carbocycles. The Morgan fingerprint density at radius 1 is 1.05 bits per heavy atom. The van der Waals surface area contributed by atoms with E-state index in [9.17, 15) is 4.79 Å². The van der Waals surface area contributed by atoms with Gasteiger partial charge in [-0.05, 0) is 64.8 Å². The lowest BCUT2D eigenvalue weighted by atomic mass is 10.1. The van der Waals surface area contributed by atoms with Gasteiger partial charge in [0.1, 0.15) is 18.1 Å². The Morgan fingerprint density at radius 3 is 2.47 bits per heavy atom. The van der Waals surface area contributed by atoms with E-state index in [1.807, 2.05) is 66.7 Å². The van der Waals surface area contributed by atoms with Crippen LogP contribution < -0.4 is 15.9 Å². The number of aromatic nitrogens is 5. The molecule has 5 rings (SSSR count). The zero-order valence-electron chi connectivity index (χ0n) is 20.1. The second kappa shape index (κ2) is 10.9. The maximum Gasteiger partial charge on any atom is 0.292 e. The number of nitrogens with one attached hydrogen (secondary N) is 1. The fraction of sp³-hybridized carbons (Fsp3) is 0.0769. The summed E-state index contributed by atoms with van der Waals surface area (Å²) in [6, 6.07) is 24.0. The molecular weight excluding hydrogens is 508 g/mol. The molecule has 3 N–H and O–H groups in total. The van der Waals surface area contributed by atoms with E-state index in [2.05, 4.69) is 35.8 Å². The predicted molar refractivity (Wildman–Crippen MR) is 141 cm³/mol. The zero-order valence-corrected chi connectivity index (χ0v) is 20.8. The summed E-state index contributed by atoms with van der Waals surface area (Å²) >= 11 is 5.92. The molecule has 0 fully saturated rings. The van der Waals surface area contributed by atoms with E-state index in [-0.39, 0.29) is 17.3 Å². The predicted octanol–water partition coefficient (Wildman–Crippen LogP) is 4.29. The second-order valence-corrected chi connectivity index (χ2v) is 8.55. The van der Waals surface area contributed by atoms with Gasteiger partial charge in [-0.2, -0.15) is 9.78 Å². The Hall–Kier alpha value is -5.03. The van der Waals surface area contributed by atoms with Crippen molar-refractivity contribution in [1.29, 1.82) is 0 Å². The molecule has 0 spiro atoms. The van der Waals surface area contributed by atoms with Gasteiger partial charge >= 0.3 is 0 Å². The molecule has 190 valence electrons. The third kappa shape index (κ3) is 5.37. The van der Waals surface area contributed by atoms with Crippen LogP contribution in [0.1, 0.15) is 28.5 Å². The van der Waals surface area contributed by atoms with Gasteiger partial charge in [-0.25, -0.2) is 10.1 Å². The fourth-order valence-corrected chi connectivity index (χ4v) is 3.68. The van der Waals surface area contributed by atoms with Crippen molar-refractivity contribution in [1.82, 2.24) is 30.7 Å². The Kier molecular flexibility index (Phi) is 7.09. The third-order valence-electron chi connectivity index (χ3n) is 5.54. The van der Waals surface area contributed by atoms with E-state index in [0.29, 0.717) is 34.3 Å². The molecule has 2 aromatic heterocycles. The summed E-state index contributed by atoms with van der Waals surface area (Å²) in [4.78, 5) is 13.3. The number of benzene rings is 3. The number of hydrogen-bond donors (Lipinski definition) is 2. The van der Waals surface area contributed by atoms with Crippen LogP contribution in [0.2, 0.25) is 5.02 Å². The first-order chi connectivity index (χ1) is 18.5. The Bertz CT molecular complexity index is 1580. The highest BCUT2D eigenvalue weighted by molar-refractivity contribution is 6.30. The number of rotatable bonds is 8. The molecule has 0 saturated heterocycles. The number of carbonyl (C=O) groups is 1.